The lowest BCUT2D eigenvalue weighted by atomic mass is 10.1. The zero-order chi connectivity index (χ0) is 26.3. The van der Waals surface area contributed by atoms with Gasteiger partial charge in [-0.1, -0.05) is 12.1 Å². The van der Waals surface area contributed by atoms with Crippen LogP contribution in [0.3, 0.4) is 0 Å². The van der Waals surface area contributed by atoms with Gasteiger partial charge >= 0.3 is 5.97 Å². The van der Waals surface area contributed by atoms with Crippen molar-refractivity contribution in [2.75, 3.05) is 14.2 Å². The van der Waals surface area contributed by atoms with Gasteiger partial charge in [0.25, 0.3) is 0 Å². The van der Waals surface area contributed by atoms with E-state index in [1.54, 1.807) is 0 Å². The monoisotopic (exact) mass is 499 g/mol. The molecule has 1 aromatic rings. The Morgan fingerprint density at radius 2 is 1.74 bits per heavy atom. The van der Waals surface area contributed by atoms with Crippen LogP contribution in [0.15, 0.2) is 18.2 Å². The van der Waals surface area contributed by atoms with Crippen LogP contribution in [0.5, 0.6) is 0 Å². The van der Waals surface area contributed by atoms with E-state index in [2.05, 4.69) is 10.6 Å². The second-order valence-electron chi connectivity index (χ2n) is 8.38. The number of aliphatic carboxylic acids is 1. The lowest BCUT2D eigenvalue weighted by Gasteiger charge is -2.28. The van der Waals surface area contributed by atoms with E-state index < -0.39 is 59.8 Å². The van der Waals surface area contributed by atoms with Crippen molar-refractivity contribution in [1.82, 2.24) is 15.5 Å². The van der Waals surface area contributed by atoms with Crippen LogP contribution in [-0.4, -0.2) is 78.3 Å². The second-order valence-corrected chi connectivity index (χ2v) is 8.38. The number of carboxylic acid groups (broad SMARTS) is 1. The van der Waals surface area contributed by atoms with Crippen molar-refractivity contribution < 1.29 is 42.5 Å². The first-order valence-electron chi connectivity index (χ1n) is 11.1. The summed E-state index contributed by atoms with van der Waals surface area (Å²) < 4.78 is 37.8. The highest BCUT2D eigenvalue weighted by Gasteiger charge is 2.36. The van der Waals surface area contributed by atoms with Crippen LogP contribution in [0.25, 0.3) is 0 Å². The fourth-order valence-electron chi connectivity index (χ4n) is 3.81. The molecule has 35 heavy (non-hydrogen) atoms. The van der Waals surface area contributed by atoms with Gasteiger partial charge in [-0.2, -0.15) is 0 Å². The van der Waals surface area contributed by atoms with Gasteiger partial charge in [-0.05, 0) is 26.3 Å². The molecule has 3 amide bonds. The number of carboxylic acids is 1. The van der Waals surface area contributed by atoms with E-state index in [-0.39, 0.29) is 30.9 Å². The number of ether oxygens (including phenoxy) is 2. The highest BCUT2D eigenvalue weighted by atomic mass is 19.2. The fraction of sp³-hybridized carbons (Fsp3) is 0.565. The summed E-state index contributed by atoms with van der Waals surface area (Å²) >= 11 is 0. The maximum absolute atomic E-state index is 14.1. The Morgan fingerprint density at radius 1 is 1.11 bits per heavy atom. The minimum absolute atomic E-state index is 0.0112. The molecule has 0 bridgehead atoms. The summed E-state index contributed by atoms with van der Waals surface area (Å²) in [4.78, 5) is 50.8. The maximum Gasteiger partial charge on any atom is 0.328 e. The lowest BCUT2D eigenvalue weighted by molar-refractivity contribution is -0.146. The van der Waals surface area contributed by atoms with Crippen LogP contribution in [0.4, 0.5) is 8.78 Å². The fourth-order valence-corrected chi connectivity index (χ4v) is 3.81. The summed E-state index contributed by atoms with van der Waals surface area (Å²) in [5, 5.41) is 14.3. The summed E-state index contributed by atoms with van der Waals surface area (Å²) in [6.45, 7) is 2.80. The van der Waals surface area contributed by atoms with Crippen LogP contribution in [0.1, 0.15) is 38.7 Å². The number of carbonyl (C=O) groups excluding carboxylic acids is 3. The summed E-state index contributed by atoms with van der Waals surface area (Å²) in [6.07, 6.45) is -1.38. The van der Waals surface area contributed by atoms with Crippen LogP contribution in [0.2, 0.25) is 0 Å². The van der Waals surface area contributed by atoms with Gasteiger partial charge in [0.2, 0.25) is 17.7 Å². The molecule has 1 fully saturated rings. The number of benzene rings is 1. The number of amides is 3. The molecular weight excluding hydrogens is 468 g/mol. The van der Waals surface area contributed by atoms with Crippen molar-refractivity contribution in [1.29, 1.82) is 0 Å². The molecule has 0 aromatic heterocycles. The molecule has 12 heteroatoms. The molecule has 194 valence electrons. The minimum atomic E-state index is -1.36. The normalized spacial score (nSPS) is 19.1. The van der Waals surface area contributed by atoms with E-state index in [1.807, 2.05) is 0 Å². The number of halogens is 2. The lowest BCUT2D eigenvalue weighted by Crippen LogP contribution is -2.58. The Balaban J connectivity index is 2.10. The zero-order valence-electron chi connectivity index (χ0n) is 20.0. The highest BCUT2D eigenvalue weighted by molar-refractivity contribution is 5.91. The summed E-state index contributed by atoms with van der Waals surface area (Å²) in [7, 11) is 2.63. The number of nitrogens with zero attached hydrogens (tertiary/aromatic N) is 1. The van der Waals surface area contributed by atoms with Crippen molar-refractivity contribution in [2.45, 2.75) is 70.0 Å². The molecule has 1 saturated heterocycles. The average molecular weight is 500 g/mol. The predicted octanol–water partition coefficient (Wildman–Crippen LogP) is 0.970. The minimum Gasteiger partial charge on any atom is -0.480 e. The summed E-state index contributed by atoms with van der Waals surface area (Å²) in [6, 6.07) is 0.485. The van der Waals surface area contributed by atoms with Crippen LogP contribution in [0, 0.1) is 11.6 Å². The van der Waals surface area contributed by atoms with Gasteiger partial charge in [0.05, 0.1) is 12.2 Å². The summed E-state index contributed by atoms with van der Waals surface area (Å²) in [5.41, 5.74) is -0.0112. The highest BCUT2D eigenvalue weighted by Crippen LogP contribution is 2.25. The SMILES string of the molecule is CO[C@H](C)[C@H](NC(=O)[C@@H](NC(=O)C[C@@H]1CCC(=O)N1Cc1cccc(F)c1F)[C@@H](C)OC)C(=O)O. The molecule has 0 aliphatic carbocycles. The molecule has 1 aliphatic rings. The number of carbonyl (C=O) groups is 4. The van der Waals surface area contributed by atoms with Gasteiger partial charge in [0, 0.05) is 45.2 Å². The molecule has 10 nitrogen and oxygen atoms in total. The molecule has 0 spiro atoms. The first-order valence-corrected chi connectivity index (χ1v) is 11.1. The molecule has 5 atom stereocenters. The van der Waals surface area contributed by atoms with Gasteiger partial charge < -0.3 is 30.1 Å². The van der Waals surface area contributed by atoms with Gasteiger partial charge in [0.1, 0.15) is 6.04 Å². The van der Waals surface area contributed by atoms with E-state index in [0.717, 1.165) is 6.07 Å². The average Bonchev–Trinajstić information content (AvgIpc) is 3.16. The van der Waals surface area contributed by atoms with Crippen LogP contribution in [-0.2, 0) is 35.2 Å². The predicted molar refractivity (Wildman–Crippen MR) is 119 cm³/mol. The molecule has 0 radical (unpaired) electrons. The number of nitrogens with one attached hydrogen (secondary N) is 2. The number of methoxy groups -OCH3 is 2. The largest absolute Gasteiger partial charge is 0.480 e. The van der Waals surface area contributed by atoms with Crippen molar-refractivity contribution in [3.63, 3.8) is 0 Å². The van der Waals surface area contributed by atoms with Crippen molar-refractivity contribution in [3.05, 3.63) is 35.4 Å². The molecule has 1 aromatic carbocycles. The summed E-state index contributed by atoms with van der Waals surface area (Å²) in [5.74, 6) is -5.08. The topological polar surface area (TPSA) is 134 Å². The molecule has 1 heterocycles. The van der Waals surface area contributed by atoms with Gasteiger partial charge in [-0.3, -0.25) is 14.4 Å². The van der Waals surface area contributed by atoms with Gasteiger partial charge in [0.15, 0.2) is 17.7 Å². The Bertz CT molecular complexity index is 946. The van der Waals surface area contributed by atoms with E-state index in [4.69, 9.17) is 9.47 Å². The first kappa shape index (κ1) is 28.1. The number of hydrogen-bond donors (Lipinski definition) is 3. The standard InChI is InChI=1S/C23H31F2N3O7/c1-12(34-3)20(22(31)27-21(23(32)33)13(2)35-4)26-17(29)10-15-8-9-18(30)28(15)11-14-6-5-7-16(24)19(14)25/h5-7,12-13,15,20-21H,8-11H2,1-4H3,(H,26,29)(H,27,31)(H,32,33)/t12-,13-,15+,20+,21+/m1/s1. The van der Waals surface area contributed by atoms with Crippen LogP contribution < -0.4 is 10.6 Å². The molecule has 0 saturated carbocycles. The van der Waals surface area contributed by atoms with Gasteiger partial charge in [-0.15, -0.1) is 0 Å². The number of hydrogen-bond acceptors (Lipinski definition) is 6. The van der Waals surface area contributed by atoms with Gasteiger partial charge in [-0.25, -0.2) is 13.6 Å². The first-order chi connectivity index (χ1) is 16.5. The zero-order valence-corrected chi connectivity index (χ0v) is 20.0. The molecule has 3 N–H and O–H groups in total. The smallest absolute Gasteiger partial charge is 0.328 e. The molecule has 0 unspecified atom stereocenters. The third kappa shape index (κ3) is 7.18. The maximum atomic E-state index is 14.1. The van der Waals surface area contributed by atoms with Crippen molar-refractivity contribution in [3.8, 4) is 0 Å². The Labute approximate surface area is 201 Å². The van der Waals surface area contributed by atoms with E-state index in [9.17, 15) is 33.1 Å². The molecular formula is C23H31F2N3O7. The van der Waals surface area contributed by atoms with Crippen molar-refractivity contribution >= 4 is 23.7 Å². The second kappa shape index (κ2) is 12.5. The Kier molecular flexibility index (Phi) is 10.1. The third-order valence-electron chi connectivity index (χ3n) is 6.09. The molecule has 1 aliphatic heterocycles. The quantitative estimate of drug-likeness (QED) is 0.390. The van der Waals surface area contributed by atoms with Crippen LogP contribution >= 0.6 is 0 Å². The van der Waals surface area contributed by atoms with E-state index in [1.165, 1.54) is 45.1 Å². The Hall–Kier alpha value is -3.12. The number of rotatable bonds is 12. The third-order valence-corrected chi connectivity index (χ3v) is 6.09. The van der Waals surface area contributed by atoms with Crippen molar-refractivity contribution in [2.24, 2.45) is 0 Å². The van der Waals surface area contributed by atoms with E-state index >= 15 is 0 Å². The molecule has 2 rings (SSSR count). The van der Waals surface area contributed by atoms with E-state index in [0.29, 0.717) is 6.42 Å². The number of likely N-dealkylation sites (tertiary alicyclic amines) is 1. The Morgan fingerprint density at radius 3 is 2.34 bits per heavy atom.